The van der Waals surface area contributed by atoms with Gasteiger partial charge in [-0.25, -0.2) is 4.98 Å². The highest BCUT2D eigenvalue weighted by Crippen LogP contribution is 2.32. The average molecular weight is 313 g/mol. The van der Waals surface area contributed by atoms with Gasteiger partial charge in [0.15, 0.2) is 0 Å². The Balaban J connectivity index is 1.37. The van der Waals surface area contributed by atoms with Gasteiger partial charge in [-0.2, -0.15) is 5.26 Å². The van der Waals surface area contributed by atoms with Crippen molar-refractivity contribution in [1.29, 1.82) is 5.26 Å². The molecule has 2 fully saturated rings. The number of nitrogens with zero attached hydrogens (tertiary/aromatic N) is 3. The van der Waals surface area contributed by atoms with Crippen LogP contribution in [0.5, 0.6) is 0 Å². The summed E-state index contributed by atoms with van der Waals surface area (Å²) >= 11 is 0. The molecule has 1 aromatic rings. The number of hydrogen-bond donors (Lipinski definition) is 2. The van der Waals surface area contributed by atoms with Crippen LogP contribution in [0.2, 0.25) is 0 Å². The minimum atomic E-state index is -0.226. The molecule has 1 saturated carbocycles. The summed E-state index contributed by atoms with van der Waals surface area (Å²) in [5.41, 5.74) is 0.509. The number of carbonyl (C=O) groups excluding carboxylic acids is 2. The van der Waals surface area contributed by atoms with E-state index in [1.165, 1.54) is 6.20 Å². The lowest BCUT2D eigenvalue weighted by molar-refractivity contribution is -0.129. The normalized spacial score (nSPS) is 20.2. The van der Waals surface area contributed by atoms with E-state index in [4.69, 9.17) is 5.26 Å². The summed E-state index contributed by atoms with van der Waals surface area (Å²) < 4.78 is 0. The van der Waals surface area contributed by atoms with Crippen LogP contribution < -0.4 is 10.6 Å². The molecule has 0 bridgehead atoms. The molecule has 2 heterocycles. The fourth-order valence-corrected chi connectivity index (χ4v) is 2.73. The van der Waals surface area contributed by atoms with Crippen molar-refractivity contribution in [3.8, 4) is 6.07 Å². The number of pyridine rings is 1. The van der Waals surface area contributed by atoms with Gasteiger partial charge in [-0.15, -0.1) is 0 Å². The maximum atomic E-state index is 12.1. The summed E-state index contributed by atoms with van der Waals surface area (Å²) in [6, 6.07) is 5.80. The number of likely N-dealkylation sites (tertiary alicyclic amines) is 1. The zero-order chi connectivity index (χ0) is 16.2. The number of rotatable bonds is 6. The average Bonchev–Trinajstić information content (AvgIpc) is 3.34. The minimum Gasteiger partial charge on any atom is -0.368 e. The Morgan fingerprint density at radius 3 is 2.87 bits per heavy atom. The lowest BCUT2D eigenvalue weighted by Crippen LogP contribution is -2.36. The lowest BCUT2D eigenvalue weighted by Gasteiger charge is -2.15. The number of aromatic nitrogens is 1. The molecule has 7 nitrogen and oxygen atoms in total. The van der Waals surface area contributed by atoms with Crippen molar-refractivity contribution in [2.75, 3.05) is 25.0 Å². The quantitative estimate of drug-likeness (QED) is 0.745. The van der Waals surface area contributed by atoms with Crippen LogP contribution in [0, 0.1) is 17.2 Å². The van der Waals surface area contributed by atoms with Crippen LogP contribution in [0.3, 0.4) is 0 Å². The van der Waals surface area contributed by atoms with Gasteiger partial charge < -0.3 is 15.5 Å². The van der Waals surface area contributed by atoms with E-state index in [1.807, 2.05) is 11.0 Å². The van der Waals surface area contributed by atoms with Crippen molar-refractivity contribution in [3.63, 3.8) is 0 Å². The Morgan fingerprint density at radius 1 is 1.39 bits per heavy atom. The number of hydrogen-bond acceptors (Lipinski definition) is 5. The molecule has 2 aliphatic rings. The molecule has 120 valence electrons. The van der Waals surface area contributed by atoms with E-state index in [-0.39, 0.29) is 17.7 Å². The molecule has 2 amide bonds. The summed E-state index contributed by atoms with van der Waals surface area (Å²) in [6.07, 6.45) is 3.97. The molecule has 23 heavy (non-hydrogen) atoms. The van der Waals surface area contributed by atoms with Gasteiger partial charge in [-0.1, -0.05) is 0 Å². The van der Waals surface area contributed by atoms with Crippen LogP contribution in [0.1, 0.15) is 24.8 Å². The SMILES string of the molecule is N#Cc1ccc(NCCNC(=O)C2CC(=O)N(C3CC3)C2)nc1. The highest BCUT2D eigenvalue weighted by Gasteiger charge is 2.41. The van der Waals surface area contributed by atoms with Crippen LogP contribution >= 0.6 is 0 Å². The van der Waals surface area contributed by atoms with Gasteiger partial charge >= 0.3 is 0 Å². The Labute approximate surface area is 134 Å². The van der Waals surface area contributed by atoms with Crippen molar-refractivity contribution in [3.05, 3.63) is 23.9 Å². The van der Waals surface area contributed by atoms with Crippen molar-refractivity contribution in [2.24, 2.45) is 5.92 Å². The van der Waals surface area contributed by atoms with E-state index in [0.29, 0.717) is 43.5 Å². The van der Waals surface area contributed by atoms with Crippen molar-refractivity contribution in [2.45, 2.75) is 25.3 Å². The Morgan fingerprint density at radius 2 is 2.22 bits per heavy atom. The van der Waals surface area contributed by atoms with Crippen molar-refractivity contribution < 1.29 is 9.59 Å². The molecule has 0 radical (unpaired) electrons. The first kappa shape index (κ1) is 15.3. The van der Waals surface area contributed by atoms with Crippen molar-refractivity contribution in [1.82, 2.24) is 15.2 Å². The fraction of sp³-hybridized carbons (Fsp3) is 0.500. The number of carbonyl (C=O) groups is 2. The van der Waals surface area contributed by atoms with Crippen LogP contribution in [-0.2, 0) is 9.59 Å². The van der Waals surface area contributed by atoms with Gasteiger partial charge in [0, 0.05) is 38.3 Å². The summed E-state index contributed by atoms with van der Waals surface area (Å²) in [7, 11) is 0. The van der Waals surface area contributed by atoms with Gasteiger partial charge in [-0.3, -0.25) is 9.59 Å². The molecule has 1 atom stereocenters. The minimum absolute atomic E-state index is 0.0592. The first-order valence-corrected chi connectivity index (χ1v) is 7.84. The topological polar surface area (TPSA) is 98.1 Å². The smallest absolute Gasteiger partial charge is 0.225 e. The molecule has 1 saturated heterocycles. The number of anilines is 1. The summed E-state index contributed by atoms with van der Waals surface area (Å²) in [5, 5.41) is 14.6. The number of amides is 2. The number of nitrogens with one attached hydrogen (secondary N) is 2. The molecule has 1 aliphatic carbocycles. The van der Waals surface area contributed by atoms with E-state index in [0.717, 1.165) is 12.8 Å². The zero-order valence-electron chi connectivity index (χ0n) is 12.8. The molecule has 3 rings (SSSR count). The third-order valence-corrected chi connectivity index (χ3v) is 4.14. The van der Waals surface area contributed by atoms with Gasteiger partial charge in [0.05, 0.1) is 11.5 Å². The van der Waals surface area contributed by atoms with Gasteiger partial charge in [0.2, 0.25) is 11.8 Å². The maximum Gasteiger partial charge on any atom is 0.225 e. The monoisotopic (exact) mass is 313 g/mol. The molecule has 1 unspecified atom stereocenters. The Hall–Kier alpha value is -2.62. The van der Waals surface area contributed by atoms with Crippen LogP contribution in [0.25, 0.3) is 0 Å². The molecule has 2 N–H and O–H groups in total. The summed E-state index contributed by atoms with van der Waals surface area (Å²) in [6.45, 7) is 1.56. The van der Waals surface area contributed by atoms with E-state index < -0.39 is 0 Å². The lowest BCUT2D eigenvalue weighted by atomic mass is 10.1. The van der Waals surface area contributed by atoms with E-state index in [1.54, 1.807) is 12.1 Å². The predicted octanol–water partition coefficient (Wildman–Crippen LogP) is 0.492. The molecule has 1 aliphatic heterocycles. The van der Waals surface area contributed by atoms with E-state index >= 15 is 0 Å². The third kappa shape index (κ3) is 3.77. The van der Waals surface area contributed by atoms with Crippen LogP contribution in [0.4, 0.5) is 5.82 Å². The third-order valence-electron chi connectivity index (χ3n) is 4.14. The van der Waals surface area contributed by atoms with Gasteiger partial charge in [-0.05, 0) is 25.0 Å². The Kier molecular flexibility index (Phi) is 4.42. The standard InChI is InChI=1S/C16H19N5O2/c17-8-11-1-4-14(20-9-11)18-5-6-19-16(23)12-7-15(22)21(10-12)13-2-3-13/h1,4,9,12-13H,2-3,5-7,10H2,(H,18,20)(H,19,23). The molecular formula is C16H19N5O2. The fourth-order valence-electron chi connectivity index (χ4n) is 2.73. The predicted molar refractivity (Wildman–Crippen MR) is 83.3 cm³/mol. The second-order valence-corrected chi connectivity index (χ2v) is 5.94. The summed E-state index contributed by atoms with van der Waals surface area (Å²) in [5.74, 6) is 0.481. The second-order valence-electron chi connectivity index (χ2n) is 5.94. The Bertz CT molecular complexity index is 633. The highest BCUT2D eigenvalue weighted by atomic mass is 16.2. The molecule has 0 spiro atoms. The molecule has 1 aromatic heterocycles. The van der Waals surface area contributed by atoms with Crippen LogP contribution in [0.15, 0.2) is 18.3 Å². The van der Waals surface area contributed by atoms with Crippen LogP contribution in [-0.4, -0.2) is 47.4 Å². The molecular weight excluding hydrogens is 294 g/mol. The van der Waals surface area contributed by atoms with E-state index in [9.17, 15) is 9.59 Å². The molecule has 0 aromatic carbocycles. The maximum absolute atomic E-state index is 12.1. The first-order chi connectivity index (χ1) is 11.2. The molecule has 7 heteroatoms. The van der Waals surface area contributed by atoms with Crippen molar-refractivity contribution >= 4 is 17.6 Å². The largest absolute Gasteiger partial charge is 0.368 e. The van der Waals surface area contributed by atoms with E-state index in [2.05, 4.69) is 15.6 Å². The highest BCUT2D eigenvalue weighted by molar-refractivity contribution is 5.89. The second kappa shape index (κ2) is 6.65. The summed E-state index contributed by atoms with van der Waals surface area (Å²) in [4.78, 5) is 29.9. The first-order valence-electron chi connectivity index (χ1n) is 7.84. The number of nitriles is 1. The van der Waals surface area contributed by atoms with Gasteiger partial charge in [0.25, 0.3) is 0 Å². The zero-order valence-corrected chi connectivity index (χ0v) is 12.8. The van der Waals surface area contributed by atoms with Gasteiger partial charge in [0.1, 0.15) is 11.9 Å².